The van der Waals surface area contributed by atoms with Crippen LogP contribution in [0.25, 0.3) is 0 Å². The van der Waals surface area contributed by atoms with Crippen molar-refractivity contribution in [3.05, 3.63) is 30.1 Å². The molecule has 2 atom stereocenters. The van der Waals surface area contributed by atoms with Crippen molar-refractivity contribution in [1.82, 2.24) is 4.98 Å². The third kappa shape index (κ3) is 2.71. The van der Waals surface area contributed by atoms with Gasteiger partial charge in [0.05, 0.1) is 11.9 Å². The number of nitrogens with zero attached hydrogens (tertiary/aromatic N) is 1. The first kappa shape index (κ1) is 9.35. The minimum Gasteiger partial charge on any atom is -0.387 e. The maximum Gasteiger partial charge on any atom is 0.0906 e. The third-order valence-corrected chi connectivity index (χ3v) is 2.27. The van der Waals surface area contributed by atoms with Gasteiger partial charge in [-0.2, -0.15) is 0 Å². The monoisotopic (exact) mass is 185 g/mol. The lowest BCUT2D eigenvalue weighted by molar-refractivity contribution is 0.203. The van der Waals surface area contributed by atoms with Crippen molar-refractivity contribution >= 4 is 10.8 Å². The molecule has 0 saturated carbocycles. The molecule has 1 rings (SSSR count). The Kier molecular flexibility index (Phi) is 3.37. The van der Waals surface area contributed by atoms with Gasteiger partial charge in [0.2, 0.25) is 0 Å². The summed E-state index contributed by atoms with van der Waals surface area (Å²) in [5.41, 5.74) is 0.764. The van der Waals surface area contributed by atoms with Crippen molar-refractivity contribution in [1.29, 1.82) is 0 Å². The number of aliphatic hydroxyl groups is 1. The average molecular weight is 185 g/mol. The summed E-state index contributed by atoms with van der Waals surface area (Å²) in [6.45, 7) is 0. The summed E-state index contributed by atoms with van der Waals surface area (Å²) < 4.78 is 10.8. The molecule has 1 aromatic heterocycles. The molecule has 0 aliphatic rings. The van der Waals surface area contributed by atoms with Crippen LogP contribution in [0.5, 0.6) is 0 Å². The molecule has 0 bridgehead atoms. The molecule has 0 aromatic carbocycles. The second kappa shape index (κ2) is 4.33. The van der Waals surface area contributed by atoms with Gasteiger partial charge in [-0.3, -0.25) is 9.19 Å². The summed E-state index contributed by atoms with van der Waals surface area (Å²) in [6, 6.07) is 3.44. The molecule has 0 aliphatic heterocycles. The first-order valence-corrected chi connectivity index (χ1v) is 5.31. The zero-order valence-corrected chi connectivity index (χ0v) is 7.62. The maximum absolute atomic E-state index is 10.8. The molecule has 0 saturated heterocycles. The number of aromatic nitrogens is 1. The average Bonchev–Trinajstić information content (AvgIpc) is 2.05. The van der Waals surface area contributed by atoms with E-state index in [9.17, 15) is 9.32 Å². The summed E-state index contributed by atoms with van der Waals surface area (Å²) >= 11 is 0. The van der Waals surface area contributed by atoms with E-state index in [4.69, 9.17) is 0 Å². The minimum atomic E-state index is -0.967. The second-order valence-electron chi connectivity index (χ2n) is 2.54. The molecule has 0 radical (unpaired) electrons. The minimum absolute atomic E-state index is 0.282. The van der Waals surface area contributed by atoms with Gasteiger partial charge in [-0.05, 0) is 17.7 Å². The van der Waals surface area contributed by atoms with Crippen LogP contribution in [-0.4, -0.2) is 26.3 Å². The molecule has 1 aromatic rings. The third-order valence-electron chi connectivity index (χ3n) is 1.48. The first-order valence-electron chi connectivity index (χ1n) is 3.58. The van der Waals surface area contributed by atoms with E-state index < -0.39 is 16.9 Å². The molecule has 0 aliphatic carbocycles. The largest absolute Gasteiger partial charge is 0.387 e. The van der Waals surface area contributed by atoms with Gasteiger partial charge in [0.1, 0.15) is 0 Å². The van der Waals surface area contributed by atoms with E-state index in [1.54, 1.807) is 30.8 Å². The van der Waals surface area contributed by atoms with Crippen molar-refractivity contribution in [2.24, 2.45) is 0 Å². The van der Waals surface area contributed by atoms with Crippen LogP contribution in [-0.2, 0) is 10.8 Å². The standard InChI is InChI=1S/C8H11NO2S/c1-12(11)6-8(10)7-2-4-9-5-3-7/h2-5,8,10H,6H2,1H3. The summed E-state index contributed by atoms with van der Waals surface area (Å²) in [7, 11) is -0.967. The van der Waals surface area contributed by atoms with Crippen LogP contribution in [0.3, 0.4) is 0 Å². The molecular formula is C8H11NO2S. The lowest BCUT2D eigenvalue weighted by Crippen LogP contribution is -2.07. The predicted octanol–water partition coefficient (Wildman–Crippen LogP) is 0.494. The molecule has 1 heterocycles. The van der Waals surface area contributed by atoms with E-state index in [1.165, 1.54) is 0 Å². The van der Waals surface area contributed by atoms with Crippen LogP contribution in [0.4, 0.5) is 0 Å². The Balaban J connectivity index is 2.65. The normalized spacial score (nSPS) is 15.5. The smallest absolute Gasteiger partial charge is 0.0906 e. The van der Waals surface area contributed by atoms with Crippen LogP contribution in [0, 0.1) is 0 Å². The lowest BCUT2D eigenvalue weighted by Gasteiger charge is -2.07. The van der Waals surface area contributed by atoms with E-state index in [2.05, 4.69) is 4.98 Å². The van der Waals surface area contributed by atoms with Crippen LogP contribution >= 0.6 is 0 Å². The summed E-state index contributed by atoms with van der Waals surface area (Å²) in [5.74, 6) is 0.282. The first-order chi connectivity index (χ1) is 5.70. The fourth-order valence-electron chi connectivity index (χ4n) is 0.904. The quantitative estimate of drug-likeness (QED) is 0.745. The van der Waals surface area contributed by atoms with Gasteiger partial charge >= 0.3 is 0 Å². The van der Waals surface area contributed by atoms with Crippen molar-refractivity contribution in [3.8, 4) is 0 Å². The SMILES string of the molecule is CS(=O)CC(O)c1ccncc1. The molecule has 0 amide bonds. The Hall–Kier alpha value is -0.740. The zero-order valence-electron chi connectivity index (χ0n) is 6.80. The maximum atomic E-state index is 10.8. The Bertz CT molecular complexity index is 263. The van der Waals surface area contributed by atoms with E-state index in [0.717, 1.165) is 5.56 Å². The molecule has 4 heteroatoms. The van der Waals surface area contributed by atoms with Crippen LogP contribution in [0.15, 0.2) is 24.5 Å². The number of rotatable bonds is 3. The fraction of sp³-hybridized carbons (Fsp3) is 0.375. The van der Waals surface area contributed by atoms with Crippen LogP contribution in [0.2, 0.25) is 0 Å². The van der Waals surface area contributed by atoms with Gasteiger partial charge in [-0.1, -0.05) is 0 Å². The van der Waals surface area contributed by atoms with E-state index >= 15 is 0 Å². The Morgan fingerprint density at radius 2 is 2.17 bits per heavy atom. The molecule has 1 N–H and O–H groups in total. The lowest BCUT2D eigenvalue weighted by atomic mass is 10.2. The molecule has 66 valence electrons. The highest BCUT2D eigenvalue weighted by Crippen LogP contribution is 2.11. The Morgan fingerprint density at radius 1 is 1.58 bits per heavy atom. The Labute approximate surface area is 73.9 Å². The molecule has 0 spiro atoms. The van der Waals surface area contributed by atoms with Crippen molar-refractivity contribution in [3.63, 3.8) is 0 Å². The van der Waals surface area contributed by atoms with E-state index in [-0.39, 0.29) is 5.75 Å². The van der Waals surface area contributed by atoms with Gasteiger partial charge in [0.15, 0.2) is 0 Å². The van der Waals surface area contributed by atoms with Gasteiger partial charge in [-0.15, -0.1) is 0 Å². The summed E-state index contributed by atoms with van der Waals surface area (Å²) in [6.07, 6.45) is 4.15. The highest BCUT2D eigenvalue weighted by atomic mass is 32.2. The van der Waals surface area contributed by atoms with Gasteiger partial charge in [0.25, 0.3) is 0 Å². The highest BCUT2D eigenvalue weighted by molar-refractivity contribution is 7.84. The molecule has 3 nitrogen and oxygen atoms in total. The van der Waals surface area contributed by atoms with Crippen molar-refractivity contribution < 1.29 is 9.32 Å². The summed E-state index contributed by atoms with van der Waals surface area (Å²) in [5, 5.41) is 9.47. The number of hydrogen-bond acceptors (Lipinski definition) is 3. The predicted molar refractivity (Wildman–Crippen MR) is 48.1 cm³/mol. The van der Waals surface area contributed by atoms with Crippen LogP contribution in [0.1, 0.15) is 11.7 Å². The summed E-state index contributed by atoms with van der Waals surface area (Å²) in [4.78, 5) is 3.82. The number of hydrogen-bond donors (Lipinski definition) is 1. The zero-order chi connectivity index (χ0) is 8.97. The second-order valence-corrected chi connectivity index (χ2v) is 4.02. The Morgan fingerprint density at radius 3 is 2.67 bits per heavy atom. The molecule has 12 heavy (non-hydrogen) atoms. The van der Waals surface area contributed by atoms with Crippen molar-refractivity contribution in [2.45, 2.75) is 6.10 Å². The van der Waals surface area contributed by atoms with Gasteiger partial charge in [0, 0.05) is 29.4 Å². The molecule has 2 unspecified atom stereocenters. The fourth-order valence-corrected chi connectivity index (χ4v) is 1.54. The molecular weight excluding hydrogens is 174 g/mol. The van der Waals surface area contributed by atoms with E-state index in [1.807, 2.05) is 0 Å². The van der Waals surface area contributed by atoms with Gasteiger partial charge in [-0.25, -0.2) is 0 Å². The van der Waals surface area contributed by atoms with Crippen LogP contribution < -0.4 is 0 Å². The number of aliphatic hydroxyl groups excluding tert-OH is 1. The highest BCUT2D eigenvalue weighted by Gasteiger charge is 2.07. The topological polar surface area (TPSA) is 50.2 Å². The molecule has 0 fully saturated rings. The number of pyridine rings is 1. The van der Waals surface area contributed by atoms with E-state index in [0.29, 0.717) is 0 Å². The van der Waals surface area contributed by atoms with Gasteiger partial charge < -0.3 is 5.11 Å². The van der Waals surface area contributed by atoms with Crippen molar-refractivity contribution in [2.75, 3.05) is 12.0 Å².